The fourth-order valence-electron chi connectivity index (χ4n) is 2.55. The Labute approximate surface area is 119 Å². The molecule has 1 heterocycles. The van der Waals surface area contributed by atoms with Gasteiger partial charge >= 0.3 is 0 Å². The van der Waals surface area contributed by atoms with Crippen molar-refractivity contribution in [3.63, 3.8) is 0 Å². The largest absolute Gasteiger partial charge is 0.469 e. The molecule has 0 aliphatic carbocycles. The van der Waals surface area contributed by atoms with E-state index in [4.69, 9.17) is 4.42 Å². The SMILES string of the molecule is CCCCCCCCCC(CCc1ccco1)NC. The molecular formula is C17H31NO. The van der Waals surface area contributed by atoms with Gasteiger partial charge in [0, 0.05) is 12.5 Å². The Bertz CT molecular complexity index is 281. The van der Waals surface area contributed by atoms with Crippen molar-refractivity contribution in [2.45, 2.75) is 77.2 Å². The first-order chi connectivity index (χ1) is 9.36. The summed E-state index contributed by atoms with van der Waals surface area (Å²) in [6, 6.07) is 4.68. The Balaban J connectivity index is 1.99. The molecule has 0 saturated heterocycles. The normalized spacial score (nSPS) is 12.7. The van der Waals surface area contributed by atoms with Gasteiger partial charge in [-0.1, -0.05) is 51.9 Å². The highest BCUT2D eigenvalue weighted by Gasteiger charge is 2.07. The van der Waals surface area contributed by atoms with Crippen LogP contribution in [0.3, 0.4) is 0 Å². The van der Waals surface area contributed by atoms with Crippen LogP contribution in [0.4, 0.5) is 0 Å². The Morgan fingerprint density at radius 2 is 1.79 bits per heavy atom. The zero-order valence-electron chi connectivity index (χ0n) is 12.8. The molecule has 0 aliphatic rings. The summed E-state index contributed by atoms with van der Waals surface area (Å²) in [4.78, 5) is 0. The summed E-state index contributed by atoms with van der Waals surface area (Å²) < 4.78 is 5.38. The zero-order valence-corrected chi connectivity index (χ0v) is 12.8. The Hall–Kier alpha value is -0.760. The monoisotopic (exact) mass is 265 g/mol. The fourth-order valence-corrected chi connectivity index (χ4v) is 2.55. The molecule has 19 heavy (non-hydrogen) atoms. The van der Waals surface area contributed by atoms with E-state index in [0.29, 0.717) is 6.04 Å². The highest BCUT2D eigenvalue weighted by molar-refractivity contribution is 4.98. The van der Waals surface area contributed by atoms with Gasteiger partial charge in [-0.15, -0.1) is 0 Å². The van der Waals surface area contributed by atoms with Crippen LogP contribution in [0.15, 0.2) is 22.8 Å². The van der Waals surface area contributed by atoms with Crippen LogP contribution in [0.25, 0.3) is 0 Å². The van der Waals surface area contributed by atoms with Gasteiger partial charge < -0.3 is 9.73 Å². The lowest BCUT2D eigenvalue weighted by Gasteiger charge is -2.15. The molecule has 0 radical (unpaired) electrons. The maximum Gasteiger partial charge on any atom is 0.103 e. The molecule has 0 spiro atoms. The van der Waals surface area contributed by atoms with Crippen LogP contribution in [-0.2, 0) is 6.42 Å². The van der Waals surface area contributed by atoms with Crippen molar-refractivity contribution in [3.05, 3.63) is 24.2 Å². The van der Waals surface area contributed by atoms with Crippen molar-refractivity contribution in [2.24, 2.45) is 0 Å². The number of rotatable bonds is 12. The fraction of sp³-hybridized carbons (Fsp3) is 0.765. The molecule has 0 bridgehead atoms. The molecule has 0 saturated carbocycles. The summed E-state index contributed by atoms with van der Waals surface area (Å²) in [5.41, 5.74) is 0. The highest BCUT2D eigenvalue weighted by atomic mass is 16.3. The van der Waals surface area contributed by atoms with Crippen molar-refractivity contribution in [1.29, 1.82) is 0 Å². The summed E-state index contributed by atoms with van der Waals surface area (Å²) in [7, 11) is 2.08. The van der Waals surface area contributed by atoms with Gasteiger partial charge in [-0.05, 0) is 32.0 Å². The molecule has 1 N–H and O–H groups in total. The van der Waals surface area contributed by atoms with Gasteiger partial charge in [0.1, 0.15) is 5.76 Å². The Kier molecular flexibility index (Phi) is 9.52. The summed E-state index contributed by atoms with van der Waals surface area (Å²) in [5, 5.41) is 3.43. The number of aryl methyl sites for hydroxylation is 1. The molecule has 1 aromatic heterocycles. The van der Waals surface area contributed by atoms with Gasteiger partial charge in [-0.2, -0.15) is 0 Å². The standard InChI is InChI=1S/C17H31NO/c1-3-4-5-6-7-8-9-11-16(18-2)13-14-17-12-10-15-19-17/h10,12,15-16,18H,3-9,11,13-14H2,1-2H3. The van der Waals surface area contributed by atoms with Gasteiger partial charge in [-0.3, -0.25) is 0 Å². The molecule has 0 aromatic carbocycles. The van der Waals surface area contributed by atoms with E-state index in [1.165, 1.54) is 57.8 Å². The molecule has 1 aromatic rings. The third kappa shape index (κ3) is 8.10. The summed E-state index contributed by atoms with van der Waals surface area (Å²) >= 11 is 0. The van der Waals surface area contributed by atoms with Crippen LogP contribution in [-0.4, -0.2) is 13.1 Å². The predicted octanol–water partition coefficient (Wildman–Crippen LogP) is 4.94. The van der Waals surface area contributed by atoms with Gasteiger partial charge in [-0.25, -0.2) is 0 Å². The molecule has 1 unspecified atom stereocenters. The lowest BCUT2D eigenvalue weighted by atomic mass is 10.0. The first-order valence-electron chi connectivity index (χ1n) is 8.06. The van der Waals surface area contributed by atoms with E-state index in [2.05, 4.69) is 25.4 Å². The maximum atomic E-state index is 5.38. The summed E-state index contributed by atoms with van der Waals surface area (Å²) in [5.74, 6) is 1.11. The molecule has 0 fully saturated rings. The lowest BCUT2D eigenvalue weighted by Crippen LogP contribution is -2.25. The molecule has 2 nitrogen and oxygen atoms in total. The van der Waals surface area contributed by atoms with Crippen molar-refractivity contribution in [1.82, 2.24) is 5.32 Å². The quantitative estimate of drug-likeness (QED) is 0.541. The van der Waals surface area contributed by atoms with Crippen LogP contribution in [0.2, 0.25) is 0 Å². The number of unbranched alkanes of at least 4 members (excludes halogenated alkanes) is 6. The highest BCUT2D eigenvalue weighted by Crippen LogP contribution is 2.13. The average molecular weight is 265 g/mol. The van der Waals surface area contributed by atoms with Gasteiger partial charge in [0.15, 0.2) is 0 Å². The Morgan fingerprint density at radius 3 is 2.42 bits per heavy atom. The molecule has 1 rings (SSSR count). The van der Waals surface area contributed by atoms with E-state index in [9.17, 15) is 0 Å². The molecule has 1 atom stereocenters. The van der Waals surface area contributed by atoms with Crippen LogP contribution in [0.1, 0.15) is 70.5 Å². The third-order valence-corrected chi connectivity index (χ3v) is 3.88. The van der Waals surface area contributed by atoms with E-state index in [0.717, 1.165) is 12.2 Å². The first-order valence-corrected chi connectivity index (χ1v) is 8.06. The van der Waals surface area contributed by atoms with Gasteiger partial charge in [0.05, 0.1) is 6.26 Å². The number of hydrogen-bond acceptors (Lipinski definition) is 2. The van der Waals surface area contributed by atoms with E-state index in [1.807, 2.05) is 6.07 Å². The smallest absolute Gasteiger partial charge is 0.103 e. The second-order valence-electron chi connectivity index (χ2n) is 5.51. The number of furan rings is 1. The minimum absolute atomic E-state index is 0.640. The van der Waals surface area contributed by atoms with E-state index in [-0.39, 0.29) is 0 Å². The minimum atomic E-state index is 0.640. The van der Waals surface area contributed by atoms with E-state index >= 15 is 0 Å². The molecular weight excluding hydrogens is 234 g/mol. The van der Waals surface area contributed by atoms with Crippen LogP contribution in [0, 0.1) is 0 Å². The summed E-state index contributed by atoms with van der Waals surface area (Å²) in [6.45, 7) is 2.27. The second kappa shape index (κ2) is 11.1. The number of nitrogens with one attached hydrogen (secondary N) is 1. The molecule has 0 aliphatic heterocycles. The molecule has 2 heteroatoms. The van der Waals surface area contributed by atoms with Crippen molar-refractivity contribution in [3.8, 4) is 0 Å². The third-order valence-electron chi connectivity index (χ3n) is 3.88. The van der Waals surface area contributed by atoms with E-state index < -0.39 is 0 Å². The molecule has 0 amide bonds. The second-order valence-corrected chi connectivity index (χ2v) is 5.51. The maximum absolute atomic E-state index is 5.38. The zero-order chi connectivity index (χ0) is 13.8. The van der Waals surface area contributed by atoms with Crippen LogP contribution in [0.5, 0.6) is 0 Å². The summed E-state index contributed by atoms with van der Waals surface area (Å²) in [6.07, 6.45) is 15.0. The van der Waals surface area contributed by atoms with E-state index in [1.54, 1.807) is 6.26 Å². The van der Waals surface area contributed by atoms with Crippen molar-refractivity contribution >= 4 is 0 Å². The topological polar surface area (TPSA) is 25.2 Å². The molecule has 110 valence electrons. The van der Waals surface area contributed by atoms with Crippen molar-refractivity contribution in [2.75, 3.05) is 7.05 Å². The Morgan fingerprint density at radius 1 is 1.05 bits per heavy atom. The van der Waals surface area contributed by atoms with Gasteiger partial charge in [0.25, 0.3) is 0 Å². The number of hydrogen-bond donors (Lipinski definition) is 1. The average Bonchev–Trinajstić information content (AvgIpc) is 2.94. The predicted molar refractivity (Wildman–Crippen MR) is 82.5 cm³/mol. The van der Waals surface area contributed by atoms with Gasteiger partial charge in [0.2, 0.25) is 0 Å². The van der Waals surface area contributed by atoms with Crippen LogP contribution < -0.4 is 5.32 Å². The lowest BCUT2D eigenvalue weighted by molar-refractivity contribution is 0.430. The van der Waals surface area contributed by atoms with Crippen molar-refractivity contribution < 1.29 is 4.42 Å². The first kappa shape index (κ1) is 16.3. The minimum Gasteiger partial charge on any atom is -0.469 e. The van der Waals surface area contributed by atoms with Crippen LogP contribution >= 0.6 is 0 Å².